The quantitative estimate of drug-likeness (QED) is 0.440. The number of thiazole rings is 1. The summed E-state index contributed by atoms with van der Waals surface area (Å²) in [5, 5.41) is -0.214. The number of carbonyl (C=O) groups excluding carboxylic acids is 1. The van der Waals surface area contributed by atoms with E-state index >= 15 is 0 Å². The van der Waals surface area contributed by atoms with Crippen LogP contribution >= 0.6 is 11.3 Å². The fourth-order valence-corrected chi connectivity index (χ4v) is 4.47. The number of pyridine rings is 1. The zero-order valence-corrected chi connectivity index (χ0v) is 16.6. The highest BCUT2D eigenvalue weighted by molar-refractivity contribution is 7.20. The number of rotatable bonds is 3. The number of alkyl halides is 2. The van der Waals surface area contributed by atoms with Gasteiger partial charge in [0.05, 0.1) is 16.8 Å². The molecule has 0 bridgehead atoms. The third-order valence-corrected chi connectivity index (χ3v) is 6.04. The molecule has 1 aliphatic heterocycles. The van der Waals surface area contributed by atoms with Gasteiger partial charge in [0.2, 0.25) is 0 Å². The van der Waals surface area contributed by atoms with Gasteiger partial charge in [-0.3, -0.25) is 4.79 Å². The fraction of sp³-hybridized carbons (Fsp3) is 0.250. The number of benzene rings is 1. The van der Waals surface area contributed by atoms with Crippen LogP contribution in [0.4, 0.5) is 17.6 Å². The van der Waals surface area contributed by atoms with Crippen LogP contribution in [0, 0.1) is 11.6 Å². The predicted molar refractivity (Wildman–Crippen MR) is 105 cm³/mol. The molecule has 0 N–H and O–H groups in total. The van der Waals surface area contributed by atoms with Crippen molar-refractivity contribution < 1.29 is 27.1 Å². The van der Waals surface area contributed by atoms with Gasteiger partial charge in [0, 0.05) is 37.6 Å². The molecule has 1 aliphatic rings. The van der Waals surface area contributed by atoms with Crippen molar-refractivity contribution in [1.82, 2.24) is 19.3 Å². The Hall–Kier alpha value is -3.21. The summed E-state index contributed by atoms with van der Waals surface area (Å²) in [5.41, 5.74) is 0.555. The average molecular weight is 450 g/mol. The number of carbonyl (C=O) groups is 1. The SMILES string of the molecule is O=C(c1cccn2ccnc12)N1CCC(F)(F)C(Oc2nc3c(F)cc(F)cc3s2)C1. The van der Waals surface area contributed by atoms with Crippen LogP contribution in [0.15, 0.2) is 42.9 Å². The summed E-state index contributed by atoms with van der Waals surface area (Å²) in [6, 6.07) is 4.97. The number of hydrogen-bond acceptors (Lipinski definition) is 5. The molecule has 4 heterocycles. The van der Waals surface area contributed by atoms with Crippen LogP contribution in [-0.4, -0.2) is 50.3 Å². The first-order valence-electron chi connectivity index (χ1n) is 9.33. The summed E-state index contributed by atoms with van der Waals surface area (Å²) >= 11 is 0.766. The molecule has 1 saturated heterocycles. The minimum atomic E-state index is -3.22. The Bertz CT molecular complexity index is 1310. The number of fused-ring (bicyclic) bond motifs is 2. The molecule has 0 radical (unpaired) electrons. The number of ether oxygens (including phenoxy) is 1. The zero-order valence-electron chi connectivity index (χ0n) is 15.8. The number of halogens is 4. The second kappa shape index (κ2) is 7.19. The van der Waals surface area contributed by atoms with Crippen LogP contribution < -0.4 is 4.74 Å². The Morgan fingerprint density at radius 1 is 1.26 bits per heavy atom. The van der Waals surface area contributed by atoms with Crippen LogP contribution in [0.25, 0.3) is 15.9 Å². The lowest BCUT2D eigenvalue weighted by molar-refractivity contribution is -0.130. The molecule has 1 fully saturated rings. The summed E-state index contributed by atoms with van der Waals surface area (Å²) in [5.74, 6) is -5.37. The number of piperidine rings is 1. The third kappa shape index (κ3) is 3.48. The molecule has 5 rings (SSSR count). The van der Waals surface area contributed by atoms with E-state index in [0.29, 0.717) is 11.7 Å². The molecule has 1 atom stereocenters. The molecule has 160 valence electrons. The summed E-state index contributed by atoms with van der Waals surface area (Å²) in [7, 11) is 0. The van der Waals surface area contributed by atoms with Gasteiger partial charge in [-0.25, -0.2) is 22.5 Å². The third-order valence-electron chi connectivity index (χ3n) is 5.15. The first-order chi connectivity index (χ1) is 14.8. The Kier molecular flexibility index (Phi) is 4.58. The van der Waals surface area contributed by atoms with Crippen molar-refractivity contribution in [2.24, 2.45) is 0 Å². The zero-order chi connectivity index (χ0) is 21.8. The Morgan fingerprint density at radius 2 is 2.10 bits per heavy atom. The molecular formula is C20H14F4N4O2S. The van der Waals surface area contributed by atoms with Gasteiger partial charge >= 0.3 is 0 Å². The van der Waals surface area contributed by atoms with Crippen LogP contribution in [0.3, 0.4) is 0 Å². The lowest BCUT2D eigenvalue weighted by Gasteiger charge is -2.37. The van der Waals surface area contributed by atoms with Crippen molar-refractivity contribution in [3.05, 3.63) is 60.1 Å². The van der Waals surface area contributed by atoms with E-state index in [4.69, 9.17) is 4.74 Å². The first kappa shape index (κ1) is 19.7. The number of nitrogens with zero attached hydrogens (tertiary/aromatic N) is 4. The van der Waals surface area contributed by atoms with Crippen molar-refractivity contribution in [2.45, 2.75) is 18.4 Å². The molecule has 4 aromatic rings. The maximum Gasteiger partial charge on any atom is 0.287 e. The maximum absolute atomic E-state index is 14.6. The highest BCUT2D eigenvalue weighted by Gasteiger charge is 2.47. The minimum Gasteiger partial charge on any atom is -0.458 e. The van der Waals surface area contributed by atoms with Gasteiger partial charge in [-0.05, 0) is 18.2 Å². The van der Waals surface area contributed by atoms with E-state index in [1.807, 2.05) is 0 Å². The number of amides is 1. The summed E-state index contributed by atoms with van der Waals surface area (Å²) in [6.07, 6.45) is 2.66. The van der Waals surface area contributed by atoms with Crippen LogP contribution in [0.1, 0.15) is 16.8 Å². The molecule has 31 heavy (non-hydrogen) atoms. The number of imidazole rings is 1. The fourth-order valence-electron chi connectivity index (χ4n) is 3.57. The highest BCUT2D eigenvalue weighted by Crippen LogP contribution is 2.36. The van der Waals surface area contributed by atoms with Gasteiger partial charge in [-0.1, -0.05) is 11.3 Å². The normalized spacial score (nSPS) is 18.6. The maximum atomic E-state index is 14.6. The van der Waals surface area contributed by atoms with Gasteiger partial charge in [0.25, 0.3) is 17.0 Å². The van der Waals surface area contributed by atoms with E-state index in [2.05, 4.69) is 9.97 Å². The number of aromatic nitrogens is 3. The molecular weight excluding hydrogens is 436 g/mol. The van der Waals surface area contributed by atoms with Crippen LogP contribution in [0.5, 0.6) is 5.19 Å². The standard InChI is InChI=1S/C20H14F4N4O2S/c21-11-8-13(22)16-14(9-11)31-19(26-16)30-15-10-28(6-3-20(15,23)24)18(29)12-2-1-5-27-7-4-25-17(12)27/h1-2,4-5,7-9,15H,3,6,10H2. The molecule has 3 aromatic heterocycles. The smallest absolute Gasteiger partial charge is 0.287 e. The van der Waals surface area contributed by atoms with Gasteiger partial charge in [-0.2, -0.15) is 4.98 Å². The highest BCUT2D eigenvalue weighted by atomic mass is 32.1. The minimum absolute atomic E-state index is 0.144. The molecule has 6 nitrogen and oxygen atoms in total. The van der Waals surface area contributed by atoms with E-state index in [9.17, 15) is 22.4 Å². The van der Waals surface area contributed by atoms with Crippen molar-refractivity contribution >= 4 is 33.1 Å². The van der Waals surface area contributed by atoms with Crippen molar-refractivity contribution in [3.63, 3.8) is 0 Å². The number of likely N-dealkylation sites (tertiary alicyclic amines) is 1. The van der Waals surface area contributed by atoms with Crippen molar-refractivity contribution in [2.75, 3.05) is 13.1 Å². The van der Waals surface area contributed by atoms with E-state index in [1.165, 1.54) is 11.1 Å². The summed E-state index contributed by atoms with van der Waals surface area (Å²) in [4.78, 5) is 22.3. The lowest BCUT2D eigenvalue weighted by atomic mass is 10.0. The average Bonchev–Trinajstić information content (AvgIpc) is 3.35. The lowest BCUT2D eigenvalue weighted by Crippen LogP contribution is -2.55. The van der Waals surface area contributed by atoms with Crippen LogP contribution in [-0.2, 0) is 0 Å². The summed E-state index contributed by atoms with van der Waals surface area (Å²) in [6.45, 7) is -0.548. The Labute approximate surface area is 176 Å². The molecule has 11 heteroatoms. The molecule has 0 spiro atoms. The summed E-state index contributed by atoms with van der Waals surface area (Å²) < 4.78 is 63.6. The molecule has 1 aromatic carbocycles. The van der Waals surface area contributed by atoms with Gasteiger partial charge in [0.1, 0.15) is 17.0 Å². The van der Waals surface area contributed by atoms with Crippen molar-refractivity contribution in [1.29, 1.82) is 0 Å². The predicted octanol–water partition coefficient (Wildman–Crippen LogP) is 4.15. The number of hydrogen-bond donors (Lipinski definition) is 0. The van der Waals surface area contributed by atoms with E-state index in [0.717, 1.165) is 17.4 Å². The van der Waals surface area contributed by atoms with E-state index in [1.54, 1.807) is 28.9 Å². The second-order valence-electron chi connectivity index (χ2n) is 7.16. The van der Waals surface area contributed by atoms with E-state index < -0.39 is 36.0 Å². The Morgan fingerprint density at radius 3 is 2.94 bits per heavy atom. The largest absolute Gasteiger partial charge is 0.458 e. The Balaban J connectivity index is 1.41. The molecule has 1 unspecified atom stereocenters. The molecule has 0 aliphatic carbocycles. The van der Waals surface area contributed by atoms with E-state index in [-0.39, 0.29) is 34.1 Å². The monoisotopic (exact) mass is 450 g/mol. The topological polar surface area (TPSA) is 59.7 Å². The first-order valence-corrected chi connectivity index (χ1v) is 10.1. The van der Waals surface area contributed by atoms with Crippen LogP contribution in [0.2, 0.25) is 0 Å². The van der Waals surface area contributed by atoms with Crippen molar-refractivity contribution in [3.8, 4) is 5.19 Å². The molecule has 0 saturated carbocycles. The van der Waals surface area contributed by atoms with Gasteiger partial charge in [-0.15, -0.1) is 0 Å². The van der Waals surface area contributed by atoms with Gasteiger partial charge < -0.3 is 14.0 Å². The van der Waals surface area contributed by atoms with Gasteiger partial charge in [0.15, 0.2) is 11.9 Å². The second-order valence-corrected chi connectivity index (χ2v) is 8.16. The molecule has 1 amide bonds.